The zero-order valence-electron chi connectivity index (χ0n) is 14.3. The first-order valence-electron chi connectivity index (χ1n) is 7.80. The lowest BCUT2D eigenvalue weighted by Crippen LogP contribution is -2.34. The van der Waals surface area contributed by atoms with Crippen molar-refractivity contribution in [3.05, 3.63) is 60.2 Å². The van der Waals surface area contributed by atoms with Crippen LogP contribution in [0.3, 0.4) is 0 Å². The fourth-order valence-corrected chi connectivity index (χ4v) is 4.43. The fraction of sp³-hybridized carbons (Fsp3) is 0.118. The van der Waals surface area contributed by atoms with Crippen LogP contribution in [-0.4, -0.2) is 42.2 Å². The van der Waals surface area contributed by atoms with Crippen molar-refractivity contribution in [3.8, 4) is 11.8 Å². The Kier molecular flexibility index (Phi) is 5.79. The van der Waals surface area contributed by atoms with Crippen molar-refractivity contribution in [3.63, 3.8) is 0 Å². The standard InChI is InChI=1S/C17H16N4O4S2/c1-21(27(23,24)16-4-2-11-26-16)12-15(22)20-13-5-7-14(8-6-13)25-17-18-9-3-10-19-17/h2-11H,12H2,1H3,(H,20,22). The normalized spacial score (nSPS) is 11.3. The third-order valence-electron chi connectivity index (χ3n) is 3.42. The molecule has 0 aliphatic carbocycles. The summed E-state index contributed by atoms with van der Waals surface area (Å²) in [4.78, 5) is 20.1. The van der Waals surface area contributed by atoms with E-state index in [0.29, 0.717) is 11.4 Å². The second-order valence-electron chi connectivity index (χ2n) is 5.40. The first-order chi connectivity index (χ1) is 12.9. The maximum atomic E-state index is 12.3. The van der Waals surface area contributed by atoms with E-state index >= 15 is 0 Å². The van der Waals surface area contributed by atoms with Gasteiger partial charge in [0.15, 0.2) is 0 Å². The van der Waals surface area contributed by atoms with E-state index in [1.807, 2.05) is 0 Å². The molecule has 27 heavy (non-hydrogen) atoms. The molecule has 140 valence electrons. The van der Waals surface area contributed by atoms with Gasteiger partial charge in [-0.1, -0.05) is 6.07 Å². The van der Waals surface area contributed by atoms with Crippen molar-refractivity contribution in [2.24, 2.45) is 0 Å². The predicted molar refractivity (Wildman–Crippen MR) is 101 cm³/mol. The van der Waals surface area contributed by atoms with Crippen LogP contribution in [0, 0.1) is 0 Å². The third kappa shape index (κ3) is 4.88. The first kappa shape index (κ1) is 19.0. The van der Waals surface area contributed by atoms with Crippen LogP contribution in [-0.2, 0) is 14.8 Å². The molecule has 0 aliphatic rings. The average molecular weight is 404 g/mol. The second-order valence-corrected chi connectivity index (χ2v) is 8.62. The summed E-state index contributed by atoms with van der Waals surface area (Å²) in [6.45, 7) is -0.295. The summed E-state index contributed by atoms with van der Waals surface area (Å²) in [7, 11) is -2.30. The van der Waals surface area contributed by atoms with Crippen LogP contribution in [0.2, 0.25) is 0 Å². The van der Waals surface area contributed by atoms with Crippen molar-refractivity contribution in [1.82, 2.24) is 14.3 Å². The van der Waals surface area contributed by atoms with E-state index in [1.165, 1.54) is 13.1 Å². The van der Waals surface area contributed by atoms with E-state index in [2.05, 4.69) is 15.3 Å². The number of thiophene rings is 1. The topological polar surface area (TPSA) is 101 Å². The molecule has 2 heterocycles. The SMILES string of the molecule is CN(CC(=O)Nc1ccc(Oc2ncccn2)cc1)S(=O)(=O)c1cccs1. The number of nitrogens with one attached hydrogen (secondary N) is 1. The highest BCUT2D eigenvalue weighted by Crippen LogP contribution is 2.21. The minimum absolute atomic E-state index is 0.197. The van der Waals surface area contributed by atoms with Gasteiger partial charge in [0.05, 0.1) is 6.54 Å². The van der Waals surface area contributed by atoms with Crippen LogP contribution in [0.15, 0.2) is 64.4 Å². The number of amides is 1. The van der Waals surface area contributed by atoms with E-state index in [-0.39, 0.29) is 16.8 Å². The lowest BCUT2D eigenvalue weighted by Gasteiger charge is -2.15. The molecule has 0 radical (unpaired) electrons. The second kappa shape index (κ2) is 8.25. The Morgan fingerprint density at radius 2 is 1.85 bits per heavy atom. The molecule has 0 atom stereocenters. The van der Waals surface area contributed by atoms with Crippen LogP contribution >= 0.6 is 11.3 Å². The van der Waals surface area contributed by atoms with Gasteiger partial charge in [-0.25, -0.2) is 18.4 Å². The molecule has 0 aliphatic heterocycles. The van der Waals surface area contributed by atoms with Crippen molar-refractivity contribution in [2.75, 3.05) is 18.9 Å². The number of carbonyl (C=O) groups is 1. The highest BCUT2D eigenvalue weighted by atomic mass is 32.2. The van der Waals surface area contributed by atoms with Crippen LogP contribution in [0.1, 0.15) is 0 Å². The quantitative estimate of drug-likeness (QED) is 0.649. The van der Waals surface area contributed by atoms with Gasteiger partial charge in [0.25, 0.3) is 10.0 Å². The number of carbonyl (C=O) groups excluding carboxylic acids is 1. The predicted octanol–water partition coefficient (Wildman–Crippen LogP) is 2.59. The minimum Gasteiger partial charge on any atom is -0.424 e. The monoisotopic (exact) mass is 404 g/mol. The molecule has 3 rings (SSSR count). The van der Waals surface area contributed by atoms with Crippen LogP contribution in [0.5, 0.6) is 11.8 Å². The number of rotatable bonds is 7. The molecule has 1 amide bonds. The highest BCUT2D eigenvalue weighted by Gasteiger charge is 2.23. The number of aromatic nitrogens is 2. The number of hydrogen-bond acceptors (Lipinski definition) is 7. The van der Waals surface area contributed by atoms with E-state index in [9.17, 15) is 13.2 Å². The Balaban J connectivity index is 1.58. The molecule has 8 nitrogen and oxygen atoms in total. The van der Waals surface area contributed by atoms with Gasteiger partial charge in [-0.05, 0) is 41.8 Å². The molecule has 0 fully saturated rings. The Bertz CT molecular complexity index is 991. The average Bonchev–Trinajstić information content (AvgIpc) is 3.20. The van der Waals surface area contributed by atoms with Gasteiger partial charge >= 0.3 is 6.01 Å². The molecule has 3 aromatic rings. The molecule has 1 N–H and O–H groups in total. The zero-order chi connectivity index (χ0) is 19.3. The molecular formula is C17H16N4O4S2. The van der Waals surface area contributed by atoms with Gasteiger partial charge in [0.2, 0.25) is 5.91 Å². The van der Waals surface area contributed by atoms with Crippen molar-refractivity contribution in [1.29, 1.82) is 0 Å². The number of anilines is 1. The Morgan fingerprint density at radius 3 is 2.48 bits per heavy atom. The van der Waals surface area contributed by atoms with Gasteiger partial charge < -0.3 is 10.1 Å². The maximum Gasteiger partial charge on any atom is 0.321 e. The van der Waals surface area contributed by atoms with Crippen molar-refractivity contribution < 1.29 is 17.9 Å². The lowest BCUT2D eigenvalue weighted by atomic mass is 10.3. The Morgan fingerprint density at radius 1 is 1.15 bits per heavy atom. The molecule has 0 saturated carbocycles. The van der Waals surface area contributed by atoms with Crippen LogP contribution < -0.4 is 10.1 Å². The maximum absolute atomic E-state index is 12.3. The Labute approximate surface area is 160 Å². The first-order valence-corrected chi connectivity index (χ1v) is 10.1. The molecule has 0 bridgehead atoms. The smallest absolute Gasteiger partial charge is 0.321 e. The summed E-state index contributed by atoms with van der Waals surface area (Å²) in [6, 6.07) is 11.6. The van der Waals surface area contributed by atoms with E-state index < -0.39 is 15.9 Å². The molecule has 0 spiro atoms. The summed E-state index contributed by atoms with van der Waals surface area (Å²) >= 11 is 1.11. The highest BCUT2D eigenvalue weighted by molar-refractivity contribution is 7.91. The summed E-state index contributed by atoms with van der Waals surface area (Å²) in [5.74, 6) is 0.0642. The number of hydrogen-bond donors (Lipinski definition) is 1. The zero-order valence-corrected chi connectivity index (χ0v) is 15.9. The molecule has 1 aromatic carbocycles. The molecule has 10 heteroatoms. The number of likely N-dealkylation sites (N-methyl/N-ethyl adjacent to an activating group) is 1. The van der Waals surface area contributed by atoms with Gasteiger partial charge in [-0.3, -0.25) is 4.79 Å². The van der Waals surface area contributed by atoms with Gasteiger partial charge in [0.1, 0.15) is 9.96 Å². The van der Waals surface area contributed by atoms with Crippen LogP contribution in [0.4, 0.5) is 5.69 Å². The molecule has 0 unspecified atom stereocenters. The number of nitrogens with zero attached hydrogens (tertiary/aromatic N) is 3. The summed E-state index contributed by atoms with van der Waals surface area (Å²) in [5.41, 5.74) is 0.517. The summed E-state index contributed by atoms with van der Waals surface area (Å²) < 4.78 is 31.3. The third-order valence-corrected chi connectivity index (χ3v) is 6.59. The summed E-state index contributed by atoms with van der Waals surface area (Å²) in [5, 5.41) is 4.32. The van der Waals surface area contributed by atoms with E-state index in [4.69, 9.17) is 4.74 Å². The van der Waals surface area contributed by atoms with Crippen molar-refractivity contribution in [2.45, 2.75) is 4.21 Å². The Hall–Kier alpha value is -2.82. The molecule has 2 aromatic heterocycles. The minimum atomic E-state index is -3.67. The van der Waals surface area contributed by atoms with Gasteiger partial charge in [0, 0.05) is 25.1 Å². The van der Waals surface area contributed by atoms with E-state index in [1.54, 1.807) is 54.2 Å². The number of ether oxygens (including phenoxy) is 1. The largest absolute Gasteiger partial charge is 0.424 e. The van der Waals surface area contributed by atoms with Gasteiger partial charge in [-0.15, -0.1) is 11.3 Å². The van der Waals surface area contributed by atoms with Crippen molar-refractivity contribution >= 4 is 33.0 Å². The van der Waals surface area contributed by atoms with E-state index in [0.717, 1.165) is 15.6 Å². The fourth-order valence-electron chi connectivity index (χ4n) is 2.10. The lowest BCUT2D eigenvalue weighted by molar-refractivity contribution is -0.116. The number of sulfonamides is 1. The molecule has 0 saturated heterocycles. The summed E-state index contributed by atoms with van der Waals surface area (Å²) in [6.07, 6.45) is 3.13. The molecular weight excluding hydrogens is 388 g/mol. The van der Waals surface area contributed by atoms with Crippen LogP contribution in [0.25, 0.3) is 0 Å². The van der Waals surface area contributed by atoms with Gasteiger partial charge in [-0.2, -0.15) is 4.31 Å². The number of benzene rings is 1.